The molecule has 39 heavy (non-hydrogen) atoms. The minimum absolute atomic E-state index is 0.0373. The van der Waals surface area contributed by atoms with E-state index in [1.165, 1.54) is 43.9 Å². The van der Waals surface area contributed by atoms with Gasteiger partial charge < -0.3 is 4.42 Å². The van der Waals surface area contributed by atoms with Gasteiger partial charge in [-0.1, -0.05) is 95.5 Å². The minimum atomic E-state index is -1.14. The van der Waals surface area contributed by atoms with Gasteiger partial charge in [-0.2, -0.15) is 4.39 Å². The van der Waals surface area contributed by atoms with E-state index >= 15 is 13.2 Å². The lowest BCUT2D eigenvalue weighted by atomic mass is 9.99. The van der Waals surface area contributed by atoms with Crippen molar-refractivity contribution in [2.24, 2.45) is 0 Å². The SMILES string of the molecule is CCCCCCCc1ccc(-c2cc3cc(-c4ccc(CCCCCCC)c(F)c4F)oc3c(F)c2F)cc1. The molecule has 0 bridgehead atoms. The molecule has 208 valence electrons. The highest BCUT2D eigenvalue weighted by molar-refractivity contribution is 5.88. The Hall–Kier alpha value is -3.08. The Morgan fingerprint density at radius 3 is 1.85 bits per heavy atom. The molecular weight excluding hydrogens is 500 g/mol. The number of furan rings is 1. The van der Waals surface area contributed by atoms with Crippen molar-refractivity contribution < 1.29 is 22.0 Å². The number of hydrogen-bond donors (Lipinski definition) is 0. The predicted octanol–water partition coefficient (Wildman–Crippen LogP) is 11.3. The smallest absolute Gasteiger partial charge is 0.202 e. The Labute approximate surface area is 229 Å². The highest BCUT2D eigenvalue weighted by atomic mass is 19.2. The van der Waals surface area contributed by atoms with Gasteiger partial charge in [0.05, 0.1) is 5.56 Å². The molecule has 1 heterocycles. The molecule has 0 unspecified atom stereocenters. The summed E-state index contributed by atoms with van der Waals surface area (Å²) in [6.07, 6.45) is 12.4. The van der Waals surface area contributed by atoms with E-state index < -0.39 is 23.3 Å². The number of rotatable bonds is 14. The molecule has 0 saturated heterocycles. The van der Waals surface area contributed by atoms with E-state index in [1.54, 1.807) is 18.2 Å². The fraction of sp³-hybridized carbons (Fsp3) is 0.412. The highest BCUT2D eigenvalue weighted by Crippen LogP contribution is 2.37. The van der Waals surface area contributed by atoms with E-state index in [1.807, 2.05) is 12.1 Å². The minimum Gasteiger partial charge on any atom is -0.453 e. The molecule has 0 spiro atoms. The van der Waals surface area contributed by atoms with Crippen LogP contribution in [0.25, 0.3) is 33.4 Å². The Bertz CT molecular complexity index is 1370. The number of aryl methyl sites for hydroxylation is 2. The van der Waals surface area contributed by atoms with Crippen LogP contribution in [0.4, 0.5) is 17.6 Å². The summed E-state index contributed by atoms with van der Waals surface area (Å²) in [6.45, 7) is 4.31. The Balaban J connectivity index is 1.54. The maximum atomic E-state index is 15.1. The lowest BCUT2D eigenvalue weighted by Gasteiger charge is -2.07. The van der Waals surface area contributed by atoms with Gasteiger partial charge in [0.1, 0.15) is 5.76 Å². The summed E-state index contributed by atoms with van der Waals surface area (Å²) in [5, 5.41) is 0.290. The third kappa shape index (κ3) is 6.93. The van der Waals surface area contributed by atoms with Crippen LogP contribution >= 0.6 is 0 Å². The molecule has 0 aliphatic carbocycles. The second kappa shape index (κ2) is 13.8. The molecule has 0 fully saturated rings. The summed E-state index contributed by atoms with van der Waals surface area (Å²) in [6, 6.07) is 13.4. The van der Waals surface area contributed by atoms with Gasteiger partial charge in [0.2, 0.25) is 5.82 Å². The topological polar surface area (TPSA) is 13.1 Å². The predicted molar refractivity (Wildman–Crippen MR) is 152 cm³/mol. The first-order chi connectivity index (χ1) is 18.9. The summed E-state index contributed by atoms with van der Waals surface area (Å²) in [4.78, 5) is 0. The van der Waals surface area contributed by atoms with Crippen molar-refractivity contribution in [2.75, 3.05) is 0 Å². The Kier molecular flexibility index (Phi) is 10.2. The first-order valence-corrected chi connectivity index (χ1v) is 14.4. The third-order valence-corrected chi connectivity index (χ3v) is 7.50. The summed E-state index contributed by atoms with van der Waals surface area (Å²) < 4.78 is 65.5. The zero-order chi connectivity index (χ0) is 27.8. The van der Waals surface area contributed by atoms with Gasteiger partial charge in [0, 0.05) is 10.9 Å². The van der Waals surface area contributed by atoms with Gasteiger partial charge in [-0.25, -0.2) is 13.2 Å². The Morgan fingerprint density at radius 1 is 0.564 bits per heavy atom. The van der Waals surface area contributed by atoms with Gasteiger partial charge in [-0.15, -0.1) is 0 Å². The number of unbranched alkanes of at least 4 members (excludes halogenated alkanes) is 8. The van der Waals surface area contributed by atoms with Crippen LogP contribution in [0.15, 0.2) is 52.9 Å². The van der Waals surface area contributed by atoms with Crippen molar-refractivity contribution in [3.63, 3.8) is 0 Å². The lowest BCUT2D eigenvalue weighted by Crippen LogP contribution is -1.97. The zero-order valence-corrected chi connectivity index (χ0v) is 23.0. The first-order valence-electron chi connectivity index (χ1n) is 14.4. The molecule has 0 saturated carbocycles. The monoisotopic (exact) mass is 538 g/mol. The number of benzene rings is 3. The van der Waals surface area contributed by atoms with Crippen LogP contribution in [0.3, 0.4) is 0 Å². The van der Waals surface area contributed by atoms with Gasteiger partial charge in [0.15, 0.2) is 23.0 Å². The molecular formula is C34H38F4O. The van der Waals surface area contributed by atoms with Crippen molar-refractivity contribution in [2.45, 2.75) is 90.9 Å². The van der Waals surface area contributed by atoms with Gasteiger partial charge in [-0.3, -0.25) is 0 Å². The highest BCUT2D eigenvalue weighted by Gasteiger charge is 2.22. The molecule has 0 amide bonds. The van der Waals surface area contributed by atoms with Crippen LogP contribution in [0.5, 0.6) is 0 Å². The van der Waals surface area contributed by atoms with E-state index in [2.05, 4.69) is 13.8 Å². The van der Waals surface area contributed by atoms with Crippen LogP contribution in [0.2, 0.25) is 0 Å². The summed E-state index contributed by atoms with van der Waals surface area (Å²) in [5.74, 6) is -4.16. The molecule has 5 heteroatoms. The van der Waals surface area contributed by atoms with E-state index in [0.717, 1.165) is 50.5 Å². The molecule has 4 aromatic rings. The van der Waals surface area contributed by atoms with E-state index in [9.17, 15) is 4.39 Å². The quantitative estimate of drug-likeness (QED) is 0.115. The molecule has 0 radical (unpaired) electrons. The van der Waals surface area contributed by atoms with Gasteiger partial charge in [-0.05, 0) is 60.6 Å². The standard InChI is InChI=1S/C34H38F4O/c1-3-5-7-9-11-13-23-15-17-24(18-16-23)28-21-26-22-29(39-34(26)33(38)32(28)37)27-20-19-25(30(35)31(27)36)14-12-10-8-6-4-2/h15-22H,3-14H2,1-2H3. The largest absolute Gasteiger partial charge is 0.453 e. The molecule has 1 nitrogen and oxygen atoms in total. The number of fused-ring (bicyclic) bond motifs is 1. The third-order valence-electron chi connectivity index (χ3n) is 7.50. The molecule has 1 aromatic heterocycles. The van der Waals surface area contributed by atoms with Crippen LogP contribution in [0, 0.1) is 23.3 Å². The zero-order valence-electron chi connectivity index (χ0n) is 23.0. The van der Waals surface area contributed by atoms with Crippen molar-refractivity contribution in [1.82, 2.24) is 0 Å². The second-order valence-corrected chi connectivity index (χ2v) is 10.5. The van der Waals surface area contributed by atoms with E-state index in [0.29, 0.717) is 22.9 Å². The summed E-state index contributed by atoms with van der Waals surface area (Å²) in [5.41, 5.74) is 1.70. The molecule has 0 aliphatic heterocycles. The van der Waals surface area contributed by atoms with Crippen LogP contribution in [-0.4, -0.2) is 0 Å². The molecule has 0 N–H and O–H groups in total. The van der Waals surface area contributed by atoms with Crippen LogP contribution < -0.4 is 0 Å². The molecule has 0 atom stereocenters. The van der Waals surface area contributed by atoms with Crippen molar-refractivity contribution in [3.05, 3.63) is 82.9 Å². The van der Waals surface area contributed by atoms with Gasteiger partial charge >= 0.3 is 0 Å². The van der Waals surface area contributed by atoms with Gasteiger partial charge in [0.25, 0.3) is 0 Å². The number of hydrogen-bond acceptors (Lipinski definition) is 1. The van der Waals surface area contributed by atoms with E-state index in [-0.39, 0.29) is 22.5 Å². The average molecular weight is 539 g/mol. The maximum Gasteiger partial charge on any atom is 0.202 e. The fourth-order valence-electron chi connectivity index (χ4n) is 5.14. The lowest BCUT2D eigenvalue weighted by molar-refractivity contribution is 0.486. The second-order valence-electron chi connectivity index (χ2n) is 10.5. The molecule has 4 rings (SSSR count). The van der Waals surface area contributed by atoms with Crippen molar-refractivity contribution in [3.8, 4) is 22.5 Å². The summed E-state index contributed by atoms with van der Waals surface area (Å²) in [7, 11) is 0. The van der Waals surface area contributed by atoms with Crippen molar-refractivity contribution >= 4 is 11.0 Å². The number of halogens is 4. The molecule has 0 aliphatic rings. The van der Waals surface area contributed by atoms with Crippen LogP contribution in [0.1, 0.15) is 89.2 Å². The van der Waals surface area contributed by atoms with Crippen molar-refractivity contribution in [1.29, 1.82) is 0 Å². The Morgan fingerprint density at radius 2 is 1.18 bits per heavy atom. The van der Waals surface area contributed by atoms with Crippen LogP contribution in [-0.2, 0) is 12.8 Å². The normalized spacial score (nSPS) is 11.5. The fourth-order valence-corrected chi connectivity index (χ4v) is 5.14. The average Bonchev–Trinajstić information content (AvgIpc) is 3.37. The first kappa shape index (κ1) is 28.9. The molecule has 3 aromatic carbocycles. The maximum absolute atomic E-state index is 15.1. The van der Waals surface area contributed by atoms with E-state index in [4.69, 9.17) is 4.42 Å². The summed E-state index contributed by atoms with van der Waals surface area (Å²) >= 11 is 0.